The first kappa shape index (κ1) is 19.1. The van der Waals surface area contributed by atoms with Gasteiger partial charge < -0.3 is 14.5 Å². The number of amides is 1. The van der Waals surface area contributed by atoms with Gasteiger partial charge in [-0.3, -0.25) is 4.79 Å². The highest BCUT2D eigenvalue weighted by molar-refractivity contribution is 7.99. The van der Waals surface area contributed by atoms with Crippen molar-refractivity contribution in [2.75, 3.05) is 11.1 Å². The smallest absolute Gasteiger partial charge is 0.387 e. The van der Waals surface area contributed by atoms with Crippen molar-refractivity contribution in [2.45, 2.75) is 11.8 Å². The van der Waals surface area contributed by atoms with Gasteiger partial charge in [0.2, 0.25) is 11.8 Å². The van der Waals surface area contributed by atoms with E-state index >= 15 is 0 Å². The van der Waals surface area contributed by atoms with Gasteiger partial charge in [-0.1, -0.05) is 41.6 Å². The molecule has 0 radical (unpaired) electrons. The molecule has 6 nitrogen and oxygen atoms in total. The average molecular weight is 412 g/mol. The summed E-state index contributed by atoms with van der Waals surface area (Å²) in [6.45, 7) is -2.98. The topological polar surface area (TPSA) is 77.2 Å². The van der Waals surface area contributed by atoms with Gasteiger partial charge in [0.15, 0.2) is 0 Å². The largest absolute Gasteiger partial charge is 0.433 e. The van der Waals surface area contributed by atoms with Crippen LogP contribution in [-0.2, 0) is 4.79 Å². The van der Waals surface area contributed by atoms with Gasteiger partial charge in [-0.15, -0.1) is 10.2 Å². The van der Waals surface area contributed by atoms with Crippen molar-refractivity contribution < 1.29 is 22.7 Å². The summed E-state index contributed by atoms with van der Waals surface area (Å²) in [5.74, 6) is -0.139. The van der Waals surface area contributed by atoms with Gasteiger partial charge >= 0.3 is 6.61 Å². The summed E-state index contributed by atoms with van der Waals surface area (Å²) < 4.78 is 34.2. The molecule has 3 rings (SSSR count). The zero-order chi connectivity index (χ0) is 19.2. The average Bonchev–Trinajstić information content (AvgIpc) is 3.12. The fourth-order valence-corrected chi connectivity index (χ4v) is 2.85. The molecular formula is C17H12ClF2N3O3S. The molecule has 0 aliphatic heterocycles. The van der Waals surface area contributed by atoms with Crippen LogP contribution in [0.2, 0.25) is 5.02 Å². The Hall–Kier alpha value is -2.65. The minimum atomic E-state index is -2.98. The van der Waals surface area contributed by atoms with E-state index in [2.05, 4.69) is 20.3 Å². The van der Waals surface area contributed by atoms with Crippen LogP contribution in [-0.4, -0.2) is 28.5 Å². The van der Waals surface area contributed by atoms with E-state index in [0.29, 0.717) is 11.6 Å². The van der Waals surface area contributed by atoms with Crippen LogP contribution in [0.5, 0.6) is 5.75 Å². The van der Waals surface area contributed by atoms with E-state index in [1.165, 1.54) is 18.2 Å². The molecule has 0 fully saturated rings. The van der Waals surface area contributed by atoms with Gasteiger partial charge in [0.05, 0.1) is 10.8 Å². The number of carbonyl (C=O) groups is 1. The summed E-state index contributed by atoms with van der Waals surface area (Å²) in [4.78, 5) is 12.0. The Morgan fingerprint density at radius 3 is 2.70 bits per heavy atom. The highest BCUT2D eigenvalue weighted by Gasteiger charge is 2.13. The minimum absolute atomic E-state index is 0.0172. The fraction of sp³-hybridized carbons (Fsp3) is 0.118. The van der Waals surface area contributed by atoms with Crippen LogP contribution in [0.3, 0.4) is 0 Å². The third kappa shape index (κ3) is 5.41. The second kappa shape index (κ2) is 8.83. The van der Waals surface area contributed by atoms with Crippen molar-refractivity contribution in [3.8, 4) is 17.2 Å². The molecule has 0 saturated carbocycles. The second-order valence-electron chi connectivity index (χ2n) is 5.10. The molecule has 0 aliphatic carbocycles. The van der Waals surface area contributed by atoms with Crippen molar-refractivity contribution in [2.24, 2.45) is 0 Å². The summed E-state index contributed by atoms with van der Waals surface area (Å²) in [6.07, 6.45) is 0. The molecule has 0 saturated heterocycles. The van der Waals surface area contributed by atoms with Crippen LogP contribution in [0.4, 0.5) is 14.5 Å². The third-order valence-corrected chi connectivity index (χ3v) is 4.30. The number of anilines is 1. The van der Waals surface area contributed by atoms with Gasteiger partial charge in [0.25, 0.3) is 5.22 Å². The zero-order valence-electron chi connectivity index (χ0n) is 13.6. The summed E-state index contributed by atoms with van der Waals surface area (Å²) in [7, 11) is 0. The number of hydrogen-bond donors (Lipinski definition) is 1. The SMILES string of the molecule is O=C(CSc1nnc(-c2ccccc2)o1)Nc1ccc(OC(F)F)c(Cl)c1. The Kier molecular flexibility index (Phi) is 6.25. The first-order valence-electron chi connectivity index (χ1n) is 7.57. The van der Waals surface area contributed by atoms with Crippen LogP contribution in [0, 0.1) is 0 Å². The molecule has 1 amide bonds. The summed E-state index contributed by atoms with van der Waals surface area (Å²) >= 11 is 6.91. The number of rotatable bonds is 7. The molecular weight excluding hydrogens is 400 g/mol. The maximum Gasteiger partial charge on any atom is 0.387 e. The number of halogens is 3. The molecule has 0 unspecified atom stereocenters. The lowest BCUT2D eigenvalue weighted by Gasteiger charge is -2.09. The number of hydrogen-bond acceptors (Lipinski definition) is 6. The standard InChI is InChI=1S/C17H12ClF2N3O3S/c18-12-8-11(6-7-13(12)25-16(19)20)21-14(24)9-27-17-23-22-15(26-17)10-4-2-1-3-5-10/h1-8,16H,9H2,(H,21,24). The molecule has 1 heterocycles. The Bertz CT molecular complexity index is 925. The van der Waals surface area contributed by atoms with E-state index < -0.39 is 6.61 Å². The van der Waals surface area contributed by atoms with E-state index in [4.69, 9.17) is 16.0 Å². The van der Waals surface area contributed by atoms with E-state index in [1.807, 2.05) is 30.3 Å². The molecule has 0 atom stereocenters. The number of alkyl halides is 2. The fourth-order valence-electron chi connectivity index (χ4n) is 2.06. The first-order valence-corrected chi connectivity index (χ1v) is 8.93. The highest BCUT2D eigenvalue weighted by Crippen LogP contribution is 2.29. The van der Waals surface area contributed by atoms with Gasteiger partial charge in [0, 0.05) is 11.3 Å². The van der Waals surface area contributed by atoms with E-state index in [-0.39, 0.29) is 27.7 Å². The lowest BCUT2D eigenvalue weighted by molar-refractivity contribution is -0.113. The van der Waals surface area contributed by atoms with E-state index in [1.54, 1.807) is 0 Å². The van der Waals surface area contributed by atoms with E-state index in [0.717, 1.165) is 17.3 Å². The number of thioether (sulfide) groups is 1. The lowest BCUT2D eigenvalue weighted by Crippen LogP contribution is -2.14. The quantitative estimate of drug-likeness (QED) is 0.567. The zero-order valence-corrected chi connectivity index (χ0v) is 15.1. The third-order valence-electron chi connectivity index (χ3n) is 3.19. The predicted molar refractivity (Wildman–Crippen MR) is 97.2 cm³/mol. The molecule has 140 valence electrons. The van der Waals surface area contributed by atoms with Crippen molar-refractivity contribution in [3.63, 3.8) is 0 Å². The van der Waals surface area contributed by atoms with Crippen LogP contribution >= 0.6 is 23.4 Å². The normalized spacial score (nSPS) is 10.8. The van der Waals surface area contributed by atoms with Crippen molar-refractivity contribution in [1.82, 2.24) is 10.2 Å². The van der Waals surface area contributed by atoms with Crippen LogP contribution in [0.15, 0.2) is 58.2 Å². The van der Waals surface area contributed by atoms with Crippen molar-refractivity contribution in [3.05, 3.63) is 53.6 Å². The molecule has 3 aromatic rings. The Morgan fingerprint density at radius 2 is 2.00 bits per heavy atom. The number of nitrogens with zero attached hydrogens (tertiary/aromatic N) is 2. The van der Waals surface area contributed by atoms with Gasteiger partial charge in [0.1, 0.15) is 5.75 Å². The maximum absolute atomic E-state index is 12.2. The van der Waals surface area contributed by atoms with Gasteiger partial charge in [-0.05, 0) is 30.3 Å². The van der Waals surface area contributed by atoms with Crippen LogP contribution < -0.4 is 10.1 Å². The molecule has 0 aliphatic rings. The van der Waals surface area contributed by atoms with Crippen molar-refractivity contribution in [1.29, 1.82) is 0 Å². The molecule has 1 aromatic heterocycles. The van der Waals surface area contributed by atoms with Crippen LogP contribution in [0.1, 0.15) is 0 Å². The number of nitrogens with one attached hydrogen (secondary N) is 1. The molecule has 0 spiro atoms. The Balaban J connectivity index is 1.54. The van der Waals surface area contributed by atoms with Crippen LogP contribution in [0.25, 0.3) is 11.5 Å². The highest BCUT2D eigenvalue weighted by atomic mass is 35.5. The van der Waals surface area contributed by atoms with Gasteiger partial charge in [-0.25, -0.2) is 0 Å². The molecule has 27 heavy (non-hydrogen) atoms. The molecule has 10 heteroatoms. The second-order valence-corrected chi connectivity index (χ2v) is 6.43. The monoisotopic (exact) mass is 411 g/mol. The number of benzene rings is 2. The summed E-state index contributed by atoms with van der Waals surface area (Å²) in [5, 5.41) is 10.6. The predicted octanol–water partition coefficient (Wildman–Crippen LogP) is 4.72. The molecule has 0 bridgehead atoms. The van der Waals surface area contributed by atoms with E-state index in [9.17, 15) is 13.6 Å². The molecule has 2 aromatic carbocycles. The summed E-state index contributed by atoms with van der Waals surface area (Å²) in [5.41, 5.74) is 1.13. The first-order chi connectivity index (χ1) is 13.0. The summed E-state index contributed by atoms with van der Waals surface area (Å²) in [6, 6.07) is 13.2. The maximum atomic E-state index is 12.2. The Labute approximate surface area is 161 Å². The lowest BCUT2D eigenvalue weighted by atomic mass is 10.2. The molecule has 1 N–H and O–H groups in total. The number of ether oxygens (including phenoxy) is 1. The van der Waals surface area contributed by atoms with Gasteiger partial charge in [-0.2, -0.15) is 8.78 Å². The number of aromatic nitrogens is 2. The Morgan fingerprint density at radius 1 is 1.22 bits per heavy atom. The number of carbonyl (C=O) groups excluding carboxylic acids is 1. The van der Waals surface area contributed by atoms with Crippen molar-refractivity contribution >= 4 is 35.0 Å². The minimum Gasteiger partial charge on any atom is -0.433 e.